The van der Waals surface area contributed by atoms with Gasteiger partial charge in [-0.25, -0.2) is 18.8 Å². The van der Waals surface area contributed by atoms with E-state index < -0.39 is 17.8 Å². The topological polar surface area (TPSA) is 88.1 Å². The van der Waals surface area contributed by atoms with Gasteiger partial charge in [-0.3, -0.25) is 0 Å². The van der Waals surface area contributed by atoms with Gasteiger partial charge in [-0.05, 0) is 92.1 Å². The summed E-state index contributed by atoms with van der Waals surface area (Å²) in [7, 11) is 0. The summed E-state index contributed by atoms with van der Waals surface area (Å²) >= 11 is 0. The number of carbonyl (C=O) groups is 3. The largest absolute Gasteiger partial charge is 0.494 e. The van der Waals surface area contributed by atoms with Crippen LogP contribution in [-0.4, -0.2) is 37.7 Å². The van der Waals surface area contributed by atoms with Gasteiger partial charge in [-0.2, -0.15) is 0 Å². The molecule has 0 aliphatic rings. The number of hydrogen-bond acceptors (Lipinski definition) is 7. The quantitative estimate of drug-likeness (QED) is 0.0665. The fourth-order valence-electron chi connectivity index (χ4n) is 4.25. The van der Waals surface area contributed by atoms with Crippen molar-refractivity contribution in [2.75, 3.05) is 19.8 Å². The zero-order valence-corrected chi connectivity index (χ0v) is 25.8. The lowest BCUT2D eigenvalue weighted by atomic mass is 10.0. The maximum atomic E-state index is 15.0. The van der Waals surface area contributed by atoms with Gasteiger partial charge in [0.25, 0.3) is 0 Å². The highest BCUT2D eigenvalue weighted by molar-refractivity contribution is 5.89. The third-order valence-corrected chi connectivity index (χ3v) is 6.71. The fourth-order valence-corrected chi connectivity index (χ4v) is 4.25. The number of ether oxygens (including phenoxy) is 4. The van der Waals surface area contributed by atoms with Crippen molar-refractivity contribution in [3.8, 4) is 22.6 Å². The van der Waals surface area contributed by atoms with Crippen LogP contribution in [0.25, 0.3) is 17.2 Å². The Morgan fingerprint density at radius 3 is 2.24 bits per heavy atom. The molecule has 0 atom stereocenters. The molecule has 0 aromatic heterocycles. The van der Waals surface area contributed by atoms with Crippen molar-refractivity contribution in [2.24, 2.45) is 0 Å². The van der Waals surface area contributed by atoms with Crippen molar-refractivity contribution in [1.82, 2.24) is 0 Å². The third-order valence-electron chi connectivity index (χ3n) is 6.71. The Morgan fingerprint density at radius 1 is 0.844 bits per heavy atom. The number of esters is 3. The maximum Gasteiger partial charge on any atom is 0.336 e. The molecule has 3 aromatic carbocycles. The number of hydrogen-bond donors (Lipinski definition) is 0. The third kappa shape index (κ3) is 11.9. The molecule has 0 unspecified atom stereocenters. The van der Waals surface area contributed by atoms with Gasteiger partial charge in [0.15, 0.2) is 0 Å². The highest BCUT2D eigenvalue weighted by Gasteiger charge is 2.09. The van der Waals surface area contributed by atoms with Crippen molar-refractivity contribution in [2.45, 2.75) is 46.0 Å². The first-order valence-corrected chi connectivity index (χ1v) is 14.8. The second-order valence-electron chi connectivity index (χ2n) is 10.4. The molecule has 7 nitrogen and oxygen atoms in total. The van der Waals surface area contributed by atoms with Gasteiger partial charge in [-0.1, -0.05) is 49.6 Å². The molecule has 0 aliphatic carbocycles. The van der Waals surface area contributed by atoms with Crippen molar-refractivity contribution in [3.05, 3.63) is 114 Å². The molecule has 0 heterocycles. The Balaban J connectivity index is 1.44. The van der Waals surface area contributed by atoms with E-state index in [2.05, 4.69) is 13.2 Å². The van der Waals surface area contributed by atoms with Gasteiger partial charge in [0.05, 0.1) is 19.8 Å². The molecule has 0 spiro atoms. The molecule has 0 saturated carbocycles. The monoisotopic (exact) mass is 614 g/mol. The lowest BCUT2D eigenvalue weighted by Gasteiger charge is -2.09. The lowest BCUT2D eigenvalue weighted by Crippen LogP contribution is -2.06. The summed E-state index contributed by atoms with van der Waals surface area (Å²) in [5.74, 6) is -0.731. The Bertz CT molecular complexity index is 1520. The molecule has 0 bridgehead atoms. The molecule has 8 heteroatoms. The summed E-state index contributed by atoms with van der Waals surface area (Å²) in [6, 6.07) is 17.3. The molecule has 3 rings (SSSR count). The average Bonchev–Trinajstić information content (AvgIpc) is 3.02. The first-order chi connectivity index (χ1) is 21.7. The first kappa shape index (κ1) is 34.5. The van der Waals surface area contributed by atoms with Crippen LogP contribution < -0.4 is 9.47 Å². The number of halogens is 1. The molecule has 0 radical (unpaired) electrons. The second-order valence-corrected chi connectivity index (χ2v) is 10.4. The standard InChI is InChI=1S/C37H39FO7/c1-5-35(39)43-23-20-29-11-18-34(27(4)24-29)45-36(40)19-12-28-10-17-32(33(38)25-28)30-13-15-31(16-14-30)42-21-8-6-7-9-22-44-37(41)26(2)3/h5,10-19,24-25H,1-2,6-9,20-23H2,3-4H3/b19-12+. The zero-order valence-electron chi connectivity index (χ0n) is 25.8. The second kappa shape index (κ2) is 18.0. The predicted molar refractivity (Wildman–Crippen MR) is 172 cm³/mol. The van der Waals surface area contributed by atoms with Crippen LogP contribution in [0, 0.1) is 12.7 Å². The van der Waals surface area contributed by atoms with Gasteiger partial charge in [0, 0.05) is 29.7 Å². The predicted octanol–water partition coefficient (Wildman–Crippen LogP) is 7.75. The van der Waals surface area contributed by atoms with Gasteiger partial charge in [0.1, 0.15) is 17.3 Å². The highest BCUT2D eigenvalue weighted by Crippen LogP contribution is 2.26. The van der Waals surface area contributed by atoms with Crippen molar-refractivity contribution < 1.29 is 37.7 Å². The van der Waals surface area contributed by atoms with Crippen LogP contribution in [0.2, 0.25) is 0 Å². The molecule has 0 N–H and O–H groups in total. The van der Waals surface area contributed by atoms with Crippen LogP contribution in [-0.2, 0) is 30.3 Å². The van der Waals surface area contributed by atoms with Gasteiger partial charge in [0.2, 0.25) is 0 Å². The number of aryl methyl sites for hydroxylation is 1. The molecular weight excluding hydrogens is 575 g/mol. The number of rotatable bonds is 17. The van der Waals surface area contributed by atoms with Crippen molar-refractivity contribution in [3.63, 3.8) is 0 Å². The van der Waals surface area contributed by atoms with E-state index in [0.717, 1.165) is 42.9 Å². The van der Waals surface area contributed by atoms with Crippen LogP contribution in [0.1, 0.15) is 49.3 Å². The summed E-state index contributed by atoms with van der Waals surface area (Å²) in [5, 5.41) is 0. The smallest absolute Gasteiger partial charge is 0.336 e. The average molecular weight is 615 g/mol. The first-order valence-electron chi connectivity index (χ1n) is 14.8. The summed E-state index contributed by atoms with van der Waals surface area (Å²) in [4.78, 5) is 34.9. The lowest BCUT2D eigenvalue weighted by molar-refractivity contribution is -0.139. The van der Waals surface area contributed by atoms with Crippen LogP contribution in [0.4, 0.5) is 4.39 Å². The van der Waals surface area contributed by atoms with Crippen LogP contribution in [0.15, 0.2) is 91.5 Å². The van der Waals surface area contributed by atoms with E-state index in [1.54, 1.807) is 43.3 Å². The Hall–Kier alpha value is -4.98. The molecule has 3 aromatic rings. The molecule has 236 valence electrons. The zero-order chi connectivity index (χ0) is 32.6. The van der Waals surface area contributed by atoms with E-state index in [1.807, 2.05) is 25.1 Å². The molecule has 0 aliphatic heterocycles. The fraction of sp³-hybridized carbons (Fsp3) is 0.270. The summed E-state index contributed by atoms with van der Waals surface area (Å²) in [5.41, 5.74) is 3.75. The van der Waals surface area contributed by atoms with Gasteiger partial charge in [-0.15, -0.1) is 0 Å². The van der Waals surface area contributed by atoms with E-state index in [4.69, 9.17) is 18.9 Å². The highest BCUT2D eigenvalue weighted by atomic mass is 19.1. The van der Waals surface area contributed by atoms with Crippen LogP contribution in [0.3, 0.4) is 0 Å². The Labute approximate surface area is 264 Å². The van der Waals surface area contributed by atoms with E-state index in [9.17, 15) is 18.8 Å². The van der Waals surface area contributed by atoms with E-state index in [0.29, 0.717) is 53.4 Å². The van der Waals surface area contributed by atoms with Gasteiger partial charge >= 0.3 is 17.9 Å². The summed E-state index contributed by atoms with van der Waals surface area (Å²) < 4.78 is 36.3. The van der Waals surface area contributed by atoms with E-state index in [-0.39, 0.29) is 12.6 Å². The summed E-state index contributed by atoms with van der Waals surface area (Å²) in [6.45, 7) is 11.5. The van der Waals surface area contributed by atoms with Crippen LogP contribution in [0.5, 0.6) is 11.5 Å². The molecule has 0 amide bonds. The number of benzene rings is 3. The minimum Gasteiger partial charge on any atom is -0.494 e. The maximum absolute atomic E-state index is 15.0. The minimum absolute atomic E-state index is 0.225. The van der Waals surface area contributed by atoms with E-state index in [1.165, 1.54) is 18.2 Å². The number of carbonyl (C=O) groups excluding carboxylic acids is 3. The molecule has 0 saturated heterocycles. The Kier molecular flexibility index (Phi) is 13.8. The van der Waals surface area contributed by atoms with Gasteiger partial charge < -0.3 is 18.9 Å². The molecular formula is C37H39FO7. The van der Waals surface area contributed by atoms with Crippen molar-refractivity contribution >= 4 is 24.0 Å². The summed E-state index contributed by atoms with van der Waals surface area (Å²) in [6.07, 6.45) is 7.94. The Morgan fingerprint density at radius 2 is 1.58 bits per heavy atom. The van der Waals surface area contributed by atoms with E-state index >= 15 is 0 Å². The van der Waals surface area contributed by atoms with Crippen LogP contribution >= 0.6 is 0 Å². The van der Waals surface area contributed by atoms with Crippen molar-refractivity contribution in [1.29, 1.82) is 0 Å². The molecule has 45 heavy (non-hydrogen) atoms. The number of unbranched alkanes of at least 4 members (excludes halogenated alkanes) is 3. The minimum atomic E-state index is -0.588. The normalized spacial score (nSPS) is 10.7. The SMILES string of the molecule is C=CC(=O)OCCc1ccc(OC(=O)/C=C/c2ccc(-c3ccc(OCCCCCCOC(=O)C(=C)C)cc3)c(F)c2)c(C)c1. The molecule has 0 fully saturated rings.